The average Bonchev–Trinajstić information content (AvgIpc) is 3.53. The third kappa shape index (κ3) is 3.99. The van der Waals surface area contributed by atoms with E-state index >= 15 is 0 Å². The maximum atomic E-state index is 5.94. The summed E-state index contributed by atoms with van der Waals surface area (Å²) in [7, 11) is 0. The maximum absolute atomic E-state index is 5.94. The van der Waals surface area contributed by atoms with E-state index in [1.807, 2.05) is 60.0 Å². The highest BCUT2D eigenvalue weighted by molar-refractivity contribution is 7.98. The molecule has 5 rings (SSSR count). The summed E-state index contributed by atoms with van der Waals surface area (Å²) in [6.07, 6.45) is 1.65. The van der Waals surface area contributed by atoms with Gasteiger partial charge in [-0.2, -0.15) is 4.98 Å². The normalized spacial score (nSPS) is 11.2. The quantitative estimate of drug-likeness (QED) is 0.301. The molecule has 0 aliphatic heterocycles. The molecule has 154 valence electrons. The molecule has 3 heterocycles. The van der Waals surface area contributed by atoms with Crippen LogP contribution in [0.4, 0.5) is 0 Å². The minimum absolute atomic E-state index is 0.450. The Morgan fingerprint density at radius 2 is 1.81 bits per heavy atom. The number of nitrogens with zero attached hydrogens (tertiary/aromatic N) is 5. The SMILES string of the molecule is Cc1occc1-c1nnc(SCc2noc(-c3ccc(Cl)cc3)n2)n1-c1ccccc1. The Hall–Kier alpha value is -3.36. The van der Waals surface area contributed by atoms with Crippen LogP contribution < -0.4 is 0 Å². The monoisotopic (exact) mass is 449 g/mol. The van der Waals surface area contributed by atoms with E-state index in [0.29, 0.717) is 22.5 Å². The van der Waals surface area contributed by atoms with Crippen LogP contribution in [0.2, 0.25) is 5.02 Å². The molecule has 3 aromatic heterocycles. The minimum atomic E-state index is 0.450. The van der Waals surface area contributed by atoms with Gasteiger partial charge in [0.15, 0.2) is 16.8 Å². The van der Waals surface area contributed by atoms with Gasteiger partial charge in [-0.1, -0.05) is 46.7 Å². The van der Waals surface area contributed by atoms with E-state index < -0.39 is 0 Å². The Morgan fingerprint density at radius 3 is 2.55 bits per heavy atom. The zero-order chi connectivity index (χ0) is 21.2. The van der Waals surface area contributed by atoms with Gasteiger partial charge in [0, 0.05) is 16.3 Å². The van der Waals surface area contributed by atoms with E-state index in [1.165, 1.54) is 11.8 Å². The lowest BCUT2D eigenvalue weighted by molar-refractivity contribution is 0.425. The lowest BCUT2D eigenvalue weighted by Crippen LogP contribution is -2.00. The van der Waals surface area contributed by atoms with Crippen molar-refractivity contribution >= 4 is 23.4 Å². The Labute approximate surface area is 187 Å². The van der Waals surface area contributed by atoms with Gasteiger partial charge >= 0.3 is 0 Å². The Bertz CT molecular complexity index is 1310. The molecule has 5 aromatic rings. The van der Waals surface area contributed by atoms with Gasteiger partial charge in [-0.05, 0) is 49.4 Å². The van der Waals surface area contributed by atoms with Crippen molar-refractivity contribution in [2.75, 3.05) is 0 Å². The number of halogens is 1. The molecule has 7 nitrogen and oxygen atoms in total. The van der Waals surface area contributed by atoms with Gasteiger partial charge < -0.3 is 8.94 Å². The summed E-state index contributed by atoms with van der Waals surface area (Å²) in [5.41, 5.74) is 2.67. The second kappa shape index (κ2) is 8.41. The number of thioether (sulfide) groups is 1. The molecule has 0 bridgehead atoms. The highest BCUT2D eigenvalue weighted by Crippen LogP contribution is 2.31. The fourth-order valence-electron chi connectivity index (χ4n) is 3.12. The molecule has 0 saturated heterocycles. The number of hydrogen-bond donors (Lipinski definition) is 0. The van der Waals surface area contributed by atoms with Gasteiger partial charge in [-0.25, -0.2) is 0 Å². The van der Waals surface area contributed by atoms with Crippen molar-refractivity contribution in [3.8, 4) is 28.5 Å². The van der Waals surface area contributed by atoms with Gasteiger partial charge in [-0.15, -0.1) is 10.2 Å². The van der Waals surface area contributed by atoms with Crippen LogP contribution in [0, 0.1) is 6.92 Å². The Kier molecular flexibility index (Phi) is 5.31. The van der Waals surface area contributed by atoms with Crippen LogP contribution in [-0.2, 0) is 5.75 Å². The summed E-state index contributed by atoms with van der Waals surface area (Å²) in [6, 6.07) is 19.1. The molecule has 0 radical (unpaired) electrons. The van der Waals surface area contributed by atoms with Crippen molar-refractivity contribution in [2.24, 2.45) is 0 Å². The number of aryl methyl sites for hydroxylation is 1. The highest BCUT2D eigenvalue weighted by atomic mass is 35.5. The lowest BCUT2D eigenvalue weighted by Gasteiger charge is -2.09. The van der Waals surface area contributed by atoms with Gasteiger partial charge in [-0.3, -0.25) is 4.57 Å². The number of benzene rings is 2. The number of para-hydroxylation sites is 1. The van der Waals surface area contributed by atoms with Crippen molar-refractivity contribution in [1.29, 1.82) is 0 Å². The fraction of sp³-hybridized carbons (Fsp3) is 0.0909. The van der Waals surface area contributed by atoms with Crippen LogP contribution in [0.1, 0.15) is 11.6 Å². The molecule has 0 saturated carbocycles. The van der Waals surface area contributed by atoms with E-state index in [2.05, 4.69) is 20.3 Å². The van der Waals surface area contributed by atoms with Crippen LogP contribution >= 0.6 is 23.4 Å². The topological polar surface area (TPSA) is 82.8 Å². The second-order valence-electron chi connectivity index (χ2n) is 6.68. The molecule has 31 heavy (non-hydrogen) atoms. The second-order valence-corrected chi connectivity index (χ2v) is 8.06. The molecule has 0 aliphatic rings. The molecule has 0 spiro atoms. The molecule has 0 atom stereocenters. The summed E-state index contributed by atoms with van der Waals surface area (Å²) in [5, 5.41) is 14.3. The minimum Gasteiger partial charge on any atom is -0.469 e. The van der Waals surface area contributed by atoms with E-state index in [0.717, 1.165) is 33.6 Å². The van der Waals surface area contributed by atoms with Crippen molar-refractivity contribution in [3.05, 3.63) is 83.5 Å². The van der Waals surface area contributed by atoms with Crippen LogP contribution in [-0.4, -0.2) is 24.9 Å². The number of hydrogen-bond acceptors (Lipinski definition) is 7. The molecular weight excluding hydrogens is 434 g/mol. The Morgan fingerprint density at radius 1 is 1.00 bits per heavy atom. The van der Waals surface area contributed by atoms with E-state index in [4.69, 9.17) is 20.5 Å². The van der Waals surface area contributed by atoms with Crippen molar-refractivity contribution < 1.29 is 8.94 Å². The average molecular weight is 450 g/mol. The molecule has 0 aliphatic carbocycles. The first-order valence-corrected chi connectivity index (χ1v) is 10.8. The van der Waals surface area contributed by atoms with E-state index in [-0.39, 0.29) is 0 Å². The number of rotatable bonds is 6. The van der Waals surface area contributed by atoms with Gasteiger partial charge in [0.25, 0.3) is 5.89 Å². The largest absolute Gasteiger partial charge is 0.469 e. The molecule has 0 fully saturated rings. The van der Waals surface area contributed by atoms with Gasteiger partial charge in [0.2, 0.25) is 0 Å². The zero-order valence-corrected chi connectivity index (χ0v) is 18.0. The molecule has 0 N–H and O–H groups in total. The summed E-state index contributed by atoms with van der Waals surface area (Å²) in [5.74, 6) is 3.00. The zero-order valence-electron chi connectivity index (χ0n) is 16.4. The highest BCUT2D eigenvalue weighted by Gasteiger charge is 2.19. The first-order chi connectivity index (χ1) is 15.2. The number of furan rings is 1. The molecule has 0 amide bonds. The molecular formula is C22H16ClN5O2S. The summed E-state index contributed by atoms with van der Waals surface area (Å²) in [4.78, 5) is 4.48. The fourth-order valence-corrected chi connectivity index (χ4v) is 4.04. The third-order valence-corrected chi connectivity index (χ3v) is 5.81. The van der Waals surface area contributed by atoms with Gasteiger partial charge in [0.1, 0.15) is 5.76 Å². The molecule has 0 unspecified atom stereocenters. The summed E-state index contributed by atoms with van der Waals surface area (Å²) < 4.78 is 12.9. The van der Waals surface area contributed by atoms with Crippen LogP contribution in [0.5, 0.6) is 0 Å². The van der Waals surface area contributed by atoms with E-state index in [9.17, 15) is 0 Å². The third-order valence-electron chi connectivity index (χ3n) is 4.64. The Balaban J connectivity index is 1.43. The van der Waals surface area contributed by atoms with Crippen LogP contribution in [0.15, 0.2) is 81.0 Å². The summed E-state index contributed by atoms with van der Waals surface area (Å²) in [6.45, 7) is 1.91. The smallest absolute Gasteiger partial charge is 0.257 e. The first kappa shape index (κ1) is 19.6. The van der Waals surface area contributed by atoms with E-state index in [1.54, 1.807) is 18.4 Å². The number of aromatic nitrogens is 5. The first-order valence-electron chi connectivity index (χ1n) is 9.45. The molecule has 9 heteroatoms. The van der Waals surface area contributed by atoms with Crippen LogP contribution in [0.25, 0.3) is 28.5 Å². The summed E-state index contributed by atoms with van der Waals surface area (Å²) >= 11 is 7.43. The standard InChI is InChI=1S/C22H16ClN5O2S/c1-14-18(11-12-29-14)20-25-26-22(28(20)17-5-3-2-4-6-17)31-13-19-24-21(30-27-19)15-7-9-16(23)10-8-15/h2-12H,13H2,1H3. The predicted molar refractivity (Wildman–Crippen MR) is 118 cm³/mol. The van der Waals surface area contributed by atoms with Gasteiger partial charge in [0.05, 0.1) is 17.6 Å². The van der Waals surface area contributed by atoms with Crippen molar-refractivity contribution in [2.45, 2.75) is 17.8 Å². The van der Waals surface area contributed by atoms with Crippen molar-refractivity contribution in [3.63, 3.8) is 0 Å². The van der Waals surface area contributed by atoms with Crippen molar-refractivity contribution in [1.82, 2.24) is 24.9 Å². The van der Waals surface area contributed by atoms with Crippen LogP contribution in [0.3, 0.4) is 0 Å². The lowest BCUT2D eigenvalue weighted by atomic mass is 10.2. The predicted octanol–water partition coefficient (Wildman–Crippen LogP) is 5.83. The maximum Gasteiger partial charge on any atom is 0.257 e. The molecule has 2 aromatic carbocycles.